The molecule has 20 heavy (non-hydrogen) atoms. The molecular weight excluding hydrogens is 264 g/mol. The van der Waals surface area contributed by atoms with Crippen LogP contribution in [0.4, 0.5) is 5.69 Å². The number of phenolic OH excluding ortho intramolecular Hbond substituents is 1. The van der Waals surface area contributed by atoms with Gasteiger partial charge < -0.3 is 10.3 Å². The Morgan fingerprint density at radius 2 is 1.75 bits per heavy atom. The molecular formula is C12H10N4O4. The van der Waals surface area contributed by atoms with Crippen LogP contribution in [0.15, 0.2) is 48.5 Å². The summed E-state index contributed by atoms with van der Waals surface area (Å²) in [7, 11) is 0. The molecule has 0 aliphatic rings. The third-order valence-corrected chi connectivity index (χ3v) is 2.39. The van der Waals surface area contributed by atoms with E-state index < -0.39 is 4.92 Å². The molecule has 8 nitrogen and oxygen atoms in total. The third kappa shape index (κ3) is 2.99. The molecule has 1 heterocycles. The van der Waals surface area contributed by atoms with E-state index in [0.29, 0.717) is 11.0 Å². The molecule has 0 aliphatic carbocycles. The standard InChI is InChI=1S/C6H5N3O.C6H5NO3/c10-9-6-4-2-1-3-5(6)7-8-9;8-6-3-1-5(2-4-6)7(9)10/h1-4,10H;1-4,8H. The minimum absolute atomic E-state index is 0.0159. The van der Waals surface area contributed by atoms with E-state index in [1.807, 2.05) is 12.1 Å². The van der Waals surface area contributed by atoms with Gasteiger partial charge in [-0.25, -0.2) is 0 Å². The van der Waals surface area contributed by atoms with Crippen molar-refractivity contribution in [2.45, 2.75) is 0 Å². The van der Waals surface area contributed by atoms with Crippen LogP contribution in [-0.4, -0.2) is 30.4 Å². The first-order chi connectivity index (χ1) is 9.58. The molecule has 3 rings (SSSR count). The highest BCUT2D eigenvalue weighted by atomic mass is 16.6. The number of para-hydroxylation sites is 1. The van der Waals surface area contributed by atoms with E-state index in [1.54, 1.807) is 12.1 Å². The molecule has 3 aromatic rings. The Kier molecular flexibility index (Phi) is 3.75. The van der Waals surface area contributed by atoms with Crippen molar-refractivity contribution in [3.05, 3.63) is 58.6 Å². The van der Waals surface area contributed by atoms with Crippen molar-refractivity contribution >= 4 is 16.7 Å². The van der Waals surface area contributed by atoms with E-state index in [2.05, 4.69) is 10.3 Å². The van der Waals surface area contributed by atoms with E-state index in [9.17, 15) is 10.1 Å². The molecule has 2 N–H and O–H groups in total. The lowest BCUT2D eigenvalue weighted by atomic mass is 10.3. The molecule has 0 radical (unpaired) electrons. The molecule has 0 saturated carbocycles. The number of aromatic hydroxyl groups is 1. The number of nitro groups is 1. The molecule has 0 aliphatic heterocycles. The van der Waals surface area contributed by atoms with Crippen LogP contribution in [0.1, 0.15) is 0 Å². The van der Waals surface area contributed by atoms with E-state index in [-0.39, 0.29) is 11.4 Å². The molecule has 0 saturated heterocycles. The number of benzene rings is 2. The van der Waals surface area contributed by atoms with Gasteiger partial charge in [-0.05, 0) is 29.5 Å². The number of nitrogens with zero attached hydrogens (tertiary/aromatic N) is 4. The lowest BCUT2D eigenvalue weighted by Gasteiger charge is -1.89. The van der Waals surface area contributed by atoms with Crippen LogP contribution in [0.2, 0.25) is 0 Å². The summed E-state index contributed by atoms with van der Waals surface area (Å²) in [6.45, 7) is 0. The first-order valence-electron chi connectivity index (χ1n) is 5.51. The summed E-state index contributed by atoms with van der Waals surface area (Å²) in [5.74, 6) is 0.0330. The quantitative estimate of drug-likeness (QED) is 0.398. The summed E-state index contributed by atoms with van der Waals surface area (Å²) in [6, 6.07) is 12.2. The zero-order valence-corrected chi connectivity index (χ0v) is 10.1. The Hall–Kier alpha value is -3.16. The van der Waals surface area contributed by atoms with E-state index in [0.717, 1.165) is 4.85 Å². The van der Waals surface area contributed by atoms with Gasteiger partial charge >= 0.3 is 0 Å². The molecule has 0 amide bonds. The van der Waals surface area contributed by atoms with Crippen molar-refractivity contribution in [2.24, 2.45) is 0 Å². The average molecular weight is 274 g/mol. The summed E-state index contributed by atoms with van der Waals surface area (Å²) in [6.07, 6.45) is 0. The second kappa shape index (κ2) is 5.65. The number of phenols is 1. The molecule has 1 aromatic heterocycles. The summed E-state index contributed by atoms with van der Waals surface area (Å²) < 4.78 is 0. The molecule has 2 aromatic carbocycles. The van der Waals surface area contributed by atoms with Crippen molar-refractivity contribution in [3.8, 4) is 5.75 Å². The Bertz CT molecular complexity index is 724. The summed E-state index contributed by atoms with van der Waals surface area (Å²) in [5.41, 5.74) is 1.31. The zero-order valence-electron chi connectivity index (χ0n) is 10.1. The minimum Gasteiger partial charge on any atom is -0.508 e. The molecule has 0 atom stereocenters. The Balaban J connectivity index is 0.000000147. The molecule has 0 fully saturated rings. The molecule has 0 unspecified atom stereocenters. The Morgan fingerprint density at radius 3 is 2.35 bits per heavy atom. The van der Waals surface area contributed by atoms with Gasteiger partial charge in [0.2, 0.25) is 0 Å². The van der Waals surface area contributed by atoms with Crippen LogP contribution >= 0.6 is 0 Å². The number of non-ortho nitro benzene ring substituents is 1. The maximum Gasteiger partial charge on any atom is 0.269 e. The van der Waals surface area contributed by atoms with Crippen LogP contribution in [0.3, 0.4) is 0 Å². The van der Waals surface area contributed by atoms with Crippen LogP contribution < -0.4 is 0 Å². The van der Waals surface area contributed by atoms with E-state index in [1.165, 1.54) is 24.3 Å². The maximum atomic E-state index is 10.0. The summed E-state index contributed by atoms with van der Waals surface area (Å²) in [5, 5.41) is 34.8. The lowest BCUT2D eigenvalue weighted by Crippen LogP contribution is -1.90. The Labute approximate surface area is 112 Å². The molecule has 102 valence electrons. The van der Waals surface area contributed by atoms with Gasteiger partial charge in [-0.2, -0.15) is 0 Å². The van der Waals surface area contributed by atoms with Gasteiger partial charge in [0, 0.05) is 12.1 Å². The van der Waals surface area contributed by atoms with Crippen molar-refractivity contribution < 1.29 is 15.2 Å². The van der Waals surface area contributed by atoms with Gasteiger partial charge in [-0.1, -0.05) is 17.0 Å². The maximum absolute atomic E-state index is 10.0. The largest absolute Gasteiger partial charge is 0.508 e. The van der Waals surface area contributed by atoms with Crippen LogP contribution in [0, 0.1) is 10.1 Å². The lowest BCUT2D eigenvalue weighted by molar-refractivity contribution is -0.384. The number of rotatable bonds is 1. The second-order valence-electron chi connectivity index (χ2n) is 3.74. The third-order valence-electron chi connectivity index (χ3n) is 2.39. The summed E-state index contributed by atoms with van der Waals surface area (Å²) in [4.78, 5) is 10.3. The number of hydrogen-bond donors (Lipinski definition) is 2. The molecule has 8 heteroatoms. The first kappa shape index (κ1) is 13.3. The van der Waals surface area contributed by atoms with Crippen molar-refractivity contribution in [1.82, 2.24) is 15.2 Å². The number of hydrogen-bond acceptors (Lipinski definition) is 6. The van der Waals surface area contributed by atoms with Crippen LogP contribution in [0.5, 0.6) is 5.75 Å². The van der Waals surface area contributed by atoms with Gasteiger partial charge in [0.15, 0.2) is 0 Å². The fourth-order valence-corrected chi connectivity index (χ4v) is 1.43. The predicted molar refractivity (Wildman–Crippen MR) is 69.5 cm³/mol. The molecule has 0 bridgehead atoms. The van der Waals surface area contributed by atoms with Crippen LogP contribution in [0.25, 0.3) is 11.0 Å². The highest BCUT2D eigenvalue weighted by Gasteiger charge is 2.01. The smallest absolute Gasteiger partial charge is 0.269 e. The normalized spacial score (nSPS) is 9.80. The number of fused-ring (bicyclic) bond motifs is 1. The highest BCUT2D eigenvalue weighted by molar-refractivity contribution is 5.73. The van der Waals surface area contributed by atoms with Gasteiger partial charge in [-0.3, -0.25) is 10.1 Å². The fraction of sp³-hybridized carbons (Fsp3) is 0. The summed E-state index contributed by atoms with van der Waals surface area (Å²) >= 11 is 0. The van der Waals surface area contributed by atoms with Crippen LogP contribution in [-0.2, 0) is 0 Å². The average Bonchev–Trinajstić information content (AvgIpc) is 2.82. The van der Waals surface area contributed by atoms with E-state index >= 15 is 0 Å². The van der Waals surface area contributed by atoms with Crippen molar-refractivity contribution in [3.63, 3.8) is 0 Å². The Morgan fingerprint density at radius 1 is 1.10 bits per heavy atom. The molecule has 0 spiro atoms. The minimum atomic E-state index is -0.514. The van der Waals surface area contributed by atoms with Crippen molar-refractivity contribution in [2.75, 3.05) is 0 Å². The van der Waals surface area contributed by atoms with Gasteiger partial charge in [0.25, 0.3) is 5.69 Å². The van der Waals surface area contributed by atoms with E-state index in [4.69, 9.17) is 10.3 Å². The number of nitro benzene ring substituents is 1. The van der Waals surface area contributed by atoms with Gasteiger partial charge in [-0.15, -0.1) is 5.10 Å². The predicted octanol–water partition coefficient (Wildman–Crippen LogP) is 1.97. The second-order valence-corrected chi connectivity index (χ2v) is 3.74. The first-order valence-corrected chi connectivity index (χ1v) is 5.51. The van der Waals surface area contributed by atoms with Gasteiger partial charge in [0.05, 0.1) is 4.92 Å². The fourth-order valence-electron chi connectivity index (χ4n) is 1.43. The SMILES string of the molecule is O=[N+]([O-])c1ccc(O)cc1.On1nnc2ccccc21. The number of aromatic nitrogens is 3. The van der Waals surface area contributed by atoms with Crippen molar-refractivity contribution in [1.29, 1.82) is 0 Å². The highest BCUT2D eigenvalue weighted by Crippen LogP contribution is 2.15. The monoisotopic (exact) mass is 274 g/mol. The van der Waals surface area contributed by atoms with Gasteiger partial charge in [0.1, 0.15) is 16.8 Å². The zero-order chi connectivity index (χ0) is 14.5. The topological polar surface area (TPSA) is 114 Å².